The first-order valence-electron chi connectivity index (χ1n) is 7.60. The highest BCUT2D eigenvalue weighted by atomic mass is 32.1. The van der Waals surface area contributed by atoms with Crippen LogP contribution in [0.4, 0.5) is 5.69 Å². The van der Waals surface area contributed by atoms with Crippen molar-refractivity contribution < 1.29 is 18.9 Å². The fourth-order valence-electron chi connectivity index (χ4n) is 2.37. The fraction of sp³-hybridized carbons (Fsp3) is 0.562. The summed E-state index contributed by atoms with van der Waals surface area (Å²) < 4.78 is 16.3. The molecule has 7 heteroatoms. The second kappa shape index (κ2) is 6.28. The van der Waals surface area contributed by atoms with Gasteiger partial charge >= 0.3 is 13.5 Å². The number of nitrogen functional groups attached to an aromatic ring is 1. The Balaban J connectivity index is 2.34. The predicted molar refractivity (Wildman–Crippen MR) is 96.4 cm³/mol. The van der Waals surface area contributed by atoms with Gasteiger partial charge in [0.25, 0.3) is 0 Å². The molecule has 126 valence electrons. The number of benzene rings is 1. The second-order valence-corrected chi connectivity index (χ2v) is 7.87. The molecule has 1 heterocycles. The van der Waals surface area contributed by atoms with Crippen LogP contribution in [0.25, 0.3) is 0 Å². The highest BCUT2D eigenvalue weighted by Gasteiger charge is 2.35. The molecule has 0 fully saturated rings. The lowest BCUT2D eigenvalue weighted by Crippen LogP contribution is -2.45. The van der Waals surface area contributed by atoms with E-state index in [4.69, 9.17) is 19.9 Å². The van der Waals surface area contributed by atoms with Crippen LogP contribution < -0.4 is 15.9 Å². The highest BCUT2D eigenvalue weighted by Crippen LogP contribution is 2.33. The van der Waals surface area contributed by atoms with Gasteiger partial charge in [0.05, 0.1) is 24.9 Å². The van der Waals surface area contributed by atoms with Gasteiger partial charge in [0.15, 0.2) is 0 Å². The van der Waals surface area contributed by atoms with Crippen molar-refractivity contribution in [2.45, 2.75) is 44.5 Å². The number of anilines is 1. The molecule has 0 aliphatic carbocycles. The van der Waals surface area contributed by atoms with E-state index in [1.807, 2.05) is 27.7 Å². The van der Waals surface area contributed by atoms with Gasteiger partial charge in [0.2, 0.25) is 0 Å². The third-order valence-electron chi connectivity index (χ3n) is 4.54. The monoisotopic (exact) mass is 337 g/mol. The van der Waals surface area contributed by atoms with Gasteiger partial charge < -0.3 is 19.9 Å². The minimum Gasteiger partial charge on any atom is -0.493 e. The molecule has 23 heavy (non-hydrogen) atoms. The fourth-order valence-corrected chi connectivity index (χ4v) is 2.43. The number of hydrogen-bond donors (Lipinski definition) is 2. The van der Waals surface area contributed by atoms with Crippen molar-refractivity contribution in [3.8, 4) is 5.75 Å². The molecular formula is C16H24BNO4S. The first-order valence-corrected chi connectivity index (χ1v) is 8.05. The number of rotatable bonds is 5. The first kappa shape index (κ1) is 18.0. The molecule has 2 N–H and O–H groups in total. The lowest BCUT2D eigenvalue weighted by molar-refractivity contribution is 0.0600. The second-order valence-electron chi connectivity index (χ2n) is 6.76. The lowest BCUT2D eigenvalue weighted by Gasteiger charge is -2.38. The largest absolute Gasteiger partial charge is 0.493 e. The van der Waals surface area contributed by atoms with Crippen LogP contribution in [-0.4, -0.2) is 37.5 Å². The SMILES string of the molecule is COC(=O)c1c(N)cc(BOC(C)(C)C(C)(C)S)c2c1CCO2. The van der Waals surface area contributed by atoms with E-state index in [2.05, 4.69) is 12.6 Å². The molecule has 0 atom stereocenters. The van der Waals surface area contributed by atoms with Gasteiger partial charge in [-0.05, 0) is 39.2 Å². The number of ether oxygens (including phenoxy) is 2. The number of carbonyl (C=O) groups is 1. The van der Waals surface area contributed by atoms with Crippen molar-refractivity contribution in [2.75, 3.05) is 19.5 Å². The van der Waals surface area contributed by atoms with E-state index in [0.29, 0.717) is 37.5 Å². The molecule has 1 aliphatic heterocycles. The molecule has 0 aromatic heterocycles. The number of fused-ring (bicyclic) bond motifs is 1. The highest BCUT2D eigenvalue weighted by molar-refractivity contribution is 7.81. The number of esters is 1. The van der Waals surface area contributed by atoms with E-state index in [1.165, 1.54) is 7.11 Å². The zero-order valence-electron chi connectivity index (χ0n) is 14.4. The molecule has 0 saturated heterocycles. The summed E-state index contributed by atoms with van der Waals surface area (Å²) in [7, 11) is 1.68. The molecule has 5 nitrogen and oxygen atoms in total. The van der Waals surface area contributed by atoms with Crippen LogP contribution in [0, 0.1) is 0 Å². The third kappa shape index (κ3) is 3.45. The smallest absolute Gasteiger partial charge is 0.340 e. The molecule has 1 aromatic rings. The zero-order chi connectivity index (χ0) is 17.4. The van der Waals surface area contributed by atoms with Crippen molar-refractivity contribution in [3.63, 3.8) is 0 Å². The normalized spacial score (nSPS) is 14.2. The van der Waals surface area contributed by atoms with Gasteiger partial charge in [-0.2, -0.15) is 12.6 Å². The molecule has 0 amide bonds. The Bertz CT molecular complexity index is 625. The van der Waals surface area contributed by atoms with Gasteiger partial charge in [-0.1, -0.05) is 0 Å². The van der Waals surface area contributed by atoms with Gasteiger partial charge in [0, 0.05) is 22.4 Å². The van der Waals surface area contributed by atoms with Crippen molar-refractivity contribution in [2.24, 2.45) is 0 Å². The average Bonchev–Trinajstić information content (AvgIpc) is 2.92. The predicted octanol–water partition coefficient (Wildman–Crippen LogP) is 1.47. The van der Waals surface area contributed by atoms with E-state index in [-0.39, 0.29) is 4.75 Å². The Morgan fingerprint density at radius 1 is 1.39 bits per heavy atom. The summed E-state index contributed by atoms with van der Waals surface area (Å²) >= 11 is 4.60. The van der Waals surface area contributed by atoms with Crippen LogP contribution in [0.5, 0.6) is 5.75 Å². The number of carbonyl (C=O) groups excluding carboxylic acids is 1. The Morgan fingerprint density at radius 2 is 2.04 bits per heavy atom. The van der Waals surface area contributed by atoms with Crippen LogP contribution in [-0.2, 0) is 15.8 Å². The topological polar surface area (TPSA) is 70.8 Å². The summed E-state index contributed by atoms with van der Waals surface area (Å²) in [6, 6.07) is 1.73. The number of methoxy groups -OCH3 is 1. The maximum absolute atomic E-state index is 12.0. The molecule has 1 aliphatic rings. The summed E-state index contributed by atoms with van der Waals surface area (Å²) in [5.74, 6) is 0.251. The van der Waals surface area contributed by atoms with Crippen molar-refractivity contribution >= 4 is 37.2 Å². The van der Waals surface area contributed by atoms with E-state index >= 15 is 0 Å². The van der Waals surface area contributed by atoms with Crippen LogP contribution in [0.1, 0.15) is 43.6 Å². The van der Waals surface area contributed by atoms with Crippen molar-refractivity contribution in [3.05, 3.63) is 17.2 Å². The third-order valence-corrected chi connectivity index (χ3v) is 5.07. The van der Waals surface area contributed by atoms with Crippen molar-refractivity contribution in [1.29, 1.82) is 0 Å². The Morgan fingerprint density at radius 3 is 2.61 bits per heavy atom. The van der Waals surface area contributed by atoms with E-state index in [9.17, 15) is 4.79 Å². The van der Waals surface area contributed by atoms with Crippen LogP contribution in [0.15, 0.2) is 6.07 Å². The molecule has 0 spiro atoms. The number of hydrogen-bond acceptors (Lipinski definition) is 6. The minimum atomic E-state index is -0.447. The lowest BCUT2D eigenvalue weighted by atomic mass is 9.81. The summed E-state index contributed by atoms with van der Waals surface area (Å²) in [5, 5.41) is 0. The molecule has 0 radical (unpaired) electrons. The molecule has 0 unspecified atom stereocenters. The van der Waals surface area contributed by atoms with Gasteiger partial charge in [-0.3, -0.25) is 0 Å². The summed E-state index contributed by atoms with van der Waals surface area (Å²) in [5.41, 5.74) is 8.06. The number of nitrogens with two attached hydrogens (primary N) is 1. The minimum absolute atomic E-state index is 0.311. The first-order chi connectivity index (χ1) is 10.6. The van der Waals surface area contributed by atoms with E-state index < -0.39 is 11.6 Å². The molecular weight excluding hydrogens is 313 g/mol. The summed E-state index contributed by atoms with van der Waals surface area (Å²) in [4.78, 5) is 12.0. The van der Waals surface area contributed by atoms with Gasteiger partial charge in [-0.25, -0.2) is 4.79 Å². The van der Waals surface area contributed by atoms with E-state index in [0.717, 1.165) is 11.0 Å². The maximum atomic E-state index is 12.0. The Kier molecular flexibility index (Phi) is 4.92. The van der Waals surface area contributed by atoms with Crippen molar-refractivity contribution in [1.82, 2.24) is 0 Å². The standard InChI is InChI=1S/C16H24BNO4S/c1-15(2,16(3,4)23)22-17-10-8-11(18)12(14(19)20-5)9-6-7-21-13(9)10/h8,17,23H,6-7,18H2,1-5H3. The average molecular weight is 337 g/mol. The molecule has 0 bridgehead atoms. The van der Waals surface area contributed by atoms with Gasteiger partial charge in [0.1, 0.15) is 5.75 Å². The molecule has 0 saturated carbocycles. The maximum Gasteiger partial charge on any atom is 0.340 e. The number of thiol groups is 1. The Labute approximate surface area is 143 Å². The Hall–Kier alpha value is -1.34. The quantitative estimate of drug-likeness (QED) is 0.369. The summed E-state index contributed by atoms with van der Waals surface area (Å²) in [6.07, 6.45) is 0.638. The zero-order valence-corrected chi connectivity index (χ0v) is 15.3. The van der Waals surface area contributed by atoms with Gasteiger partial charge in [-0.15, -0.1) is 0 Å². The molecule has 1 aromatic carbocycles. The molecule has 2 rings (SSSR count). The van der Waals surface area contributed by atoms with Crippen LogP contribution >= 0.6 is 12.6 Å². The van der Waals surface area contributed by atoms with Crippen LogP contribution in [0.3, 0.4) is 0 Å². The van der Waals surface area contributed by atoms with E-state index in [1.54, 1.807) is 6.07 Å². The van der Waals surface area contributed by atoms with Crippen LogP contribution in [0.2, 0.25) is 0 Å². The summed E-state index contributed by atoms with van der Waals surface area (Å²) in [6.45, 7) is 8.52.